The highest BCUT2D eigenvalue weighted by molar-refractivity contribution is 14.0. The fraction of sp³-hybridized carbons (Fsp3) is 0.300. The summed E-state index contributed by atoms with van der Waals surface area (Å²) in [4.78, 5) is 16.2. The molecule has 146 valence electrons. The molecule has 4 N–H and O–H groups in total. The maximum atomic E-state index is 11.9. The number of hydrogen-bond acceptors (Lipinski definition) is 3. The molecule has 2 rings (SSSR count). The Morgan fingerprint density at radius 2 is 1.81 bits per heavy atom. The lowest BCUT2D eigenvalue weighted by Gasteiger charge is -2.09. The molecular formula is C20H27IN4O2. The Morgan fingerprint density at radius 1 is 1.11 bits per heavy atom. The van der Waals surface area contributed by atoms with Gasteiger partial charge in [0.2, 0.25) is 5.91 Å². The minimum atomic E-state index is 0. The molecule has 0 aliphatic carbocycles. The van der Waals surface area contributed by atoms with Crippen molar-refractivity contribution in [1.82, 2.24) is 0 Å². The summed E-state index contributed by atoms with van der Waals surface area (Å²) in [5, 5.41) is 5.94. The van der Waals surface area contributed by atoms with Crippen LogP contribution in [0.25, 0.3) is 0 Å². The van der Waals surface area contributed by atoms with Crippen LogP contribution in [-0.4, -0.2) is 19.0 Å². The van der Waals surface area contributed by atoms with E-state index in [4.69, 9.17) is 10.5 Å². The fourth-order valence-corrected chi connectivity index (χ4v) is 2.37. The van der Waals surface area contributed by atoms with Crippen LogP contribution in [0.2, 0.25) is 0 Å². The molecule has 2 aromatic rings. The molecule has 0 aromatic heterocycles. The summed E-state index contributed by atoms with van der Waals surface area (Å²) in [5.74, 6) is 1.44. The van der Waals surface area contributed by atoms with Crippen LogP contribution in [0, 0.1) is 5.92 Å². The van der Waals surface area contributed by atoms with E-state index in [1.165, 1.54) is 0 Å². The molecular weight excluding hydrogens is 455 g/mol. The number of methoxy groups -OCH3 is 1. The number of halogens is 1. The molecule has 0 radical (unpaired) electrons. The molecule has 0 aliphatic rings. The van der Waals surface area contributed by atoms with Crippen LogP contribution < -0.4 is 21.1 Å². The number of nitrogens with two attached hydrogens (primary N) is 1. The molecule has 0 unspecified atom stereocenters. The number of nitrogens with one attached hydrogen (secondary N) is 2. The van der Waals surface area contributed by atoms with Crippen molar-refractivity contribution in [3.8, 4) is 5.75 Å². The minimum Gasteiger partial charge on any atom is -0.497 e. The summed E-state index contributed by atoms with van der Waals surface area (Å²) in [7, 11) is 1.62. The lowest BCUT2D eigenvalue weighted by Crippen LogP contribution is -2.22. The molecule has 0 bridgehead atoms. The van der Waals surface area contributed by atoms with Gasteiger partial charge in [-0.25, -0.2) is 4.99 Å². The molecule has 0 atom stereocenters. The maximum Gasteiger partial charge on any atom is 0.224 e. The largest absolute Gasteiger partial charge is 0.497 e. The van der Waals surface area contributed by atoms with E-state index in [1.807, 2.05) is 62.4 Å². The first-order valence-electron chi connectivity index (χ1n) is 8.56. The first-order chi connectivity index (χ1) is 12.5. The maximum absolute atomic E-state index is 11.9. The lowest BCUT2D eigenvalue weighted by atomic mass is 10.1. The number of rotatable bonds is 7. The van der Waals surface area contributed by atoms with E-state index in [2.05, 4.69) is 15.6 Å². The van der Waals surface area contributed by atoms with E-state index >= 15 is 0 Å². The molecule has 2 aromatic carbocycles. The van der Waals surface area contributed by atoms with Gasteiger partial charge in [-0.1, -0.05) is 26.0 Å². The van der Waals surface area contributed by atoms with Crippen LogP contribution in [0.15, 0.2) is 53.5 Å². The predicted octanol–water partition coefficient (Wildman–Crippen LogP) is 4.22. The lowest BCUT2D eigenvalue weighted by molar-refractivity contribution is -0.116. The summed E-state index contributed by atoms with van der Waals surface area (Å²) < 4.78 is 5.12. The number of ether oxygens (including phenoxy) is 1. The molecule has 0 aliphatic heterocycles. The van der Waals surface area contributed by atoms with Gasteiger partial charge >= 0.3 is 0 Å². The third kappa shape index (κ3) is 8.29. The van der Waals surface area contributed by atoms with Crippen molar-refractivity contribution in [3.63, 3.8) is 0 Å². The van der Waals surface area contributed by atoms with Gasteiger partial charge < -0.3 is 21.1 Å². The molecule has 0 heterocycles. The van der Waals surface area contributed by atoms with Crippen molar-refractivity contribution in [1.29, 1.82) is 0 Å². The van der Waals surface area contributed by atoms with Gasteiger partial charge in [0.05, 0.1) is 13.7 Å². The zero-order valence-electron chi connectivity index (χ0n) is 15.9. The zero-order valence-corrected chi connectivity index (χ0v) is 18.2. The normalized spacial score (nSPS) is 10.9. The van der Waals surface area contributed by atoms with Crippen molar-refractivity contribution in [2.45, 2.75) is 26.8 Å². The fourth-order valence-electron chi connectivity index (χ4n) is 2.37. The summed E-state index contributed by atoms with van der Waals surface area (Å²) >= 11 is 0. The molecule has 0 saturated carbocycles. The highest BCUT2D eigenvalue weighted by Crippen LogP contribution is 2.15. The van der Waals surface area contributed by atoms with Crippen LogP contribution in [0.4, 0.5) is 11.4 Å². The zero-order chi connectivity index (χ0) is 18.9. The monoisotopic (exact) mass is 482 g/mol. The van der Waals surface area contributed by atoms with Gasteiger partial charge in [-0.15, -0.1) is 24.0 Å². The van der Waals surface area contributed by atoms with Gasteiger partial charge in [-0.05, 0) is 47.9 Å². The Hall–Kier alpha value is -2.29. The molecule has 7 heteroatoms. The van der Waals surface area contributed by atoms with Crippen molar-refractivity contribution < 1.29 is 9.53 Å². The molecule has 6 nitrogen and oxygen atoms in total. The van der Waals surface area contributed by atoms with Crippen LogP contribution in [0.5, 0.6) is 5.75 Å². The average Bonchev–Trinajstić information content (AvgIpc) is 2.60. The van der Waals surface area contributed by atoms with Crippen molar-refractivity contribution >= 4 is 47.2 Å². The van der Waals surface area contributed by atoms with E-state index in [0.29, 0.717) is 24.8 Å². The Kier molecular flexibility index (Phi) is 9.63. The van der Waals surface area contributed by atoms with Crippen LogP contribution in [0.3, 0.4) is 0 Å². The second kappa shape index (κ2) is 11.4. The molecule has 1 amide bonds. The number of amides is 1. The van der Waals surface area contributed by atoms with Crippen molar-refractivity contribution in [2.24, 2.45) is 16.6 Å². The standard InChI is InChI=1S/C20H26N4O2.HI/c1-14(2)11-19(25)23-17-6-4-5-15(12-17)13-22-20(21)24-16-7-9-18(26-3)10-8-16;/h4-10,12,14H,11,13H2,1-3H3,(H,23,25)(H3,21,22,24);1H. The van der Waals surface area contributed by atoms with E-state index < -0.39 is 0 Å². The van der Waals surface area contributed by atoms with E-state index in [9.17, 15) is 4.79 Å². The number of carbonyl (C=O) groups excluding carboxylic acids is 1. The van der Waals surface area contributed by atoms with Gasteiger partial charge in [0.15, 0.2) is 5.96 Å². The third-order valence-corrected chi connectivity index (χ3v) is 3.60. The number of nitrogens with zero attached hydrogens (tertiary/aromatic N) is 1. The predicted molar refractivity (Wildman–Crippen MR) is 122 cm³/mol. The average molecular weight is 482 g/mol. The topological polar surface area (TPSA) is 88.7 Å². The number of anilines is 2. The van der Waals surface area contributed by atoms with E-state index in [-0.39, 0.29) is 29.9 Å². The smallest absolute Gasteiger partial charge is 0.224 e. The van der Waals surface area contributed by atoms with Crippen LogP contribution >= 0.6 is 24.0 Å². The Balaban J connectivity index is 0.00000364. The quantitative estimate of drug-likeness (QED) is 0.313. The number of hydrogen-bond donors (Lipinski definition) is 3. The summed E-state index contributed by atoms with van der Waals surface area (Å²) in [6, 6.07) is 15.0. The van der Waals surface area contributed by atoms with Gasteiger partial charge in [0.1, 0.15) is 5.75 Å². The first-order valence-corrected chi connectivity index (χ1v) is 8.56. The van der Waals surface area contributed by atoms with Crippen molar-refractivity contribution in [2.75, 3.05) is 17.7 Å². The van der Waals surface area contributed by atoms with E-state index in [0.717, 1.165) is 22.7 Å². The number of carbonyl (C=O) groups is 1. The van der Waals surface area contributed by atoms with Gasteiger partial charge in [0, 0.05) is 17.8 Å². The van der Waals surface area contributed by atoms with Crippen LogP contribution in [0.1, 0.15) is 25.8 Å². The Bertz CT molecular complexity index is 761. The SMILES string of the molecule is COc1ccc(NC(N)=NCc2cccc(NC(=O)CC(C)C)c2)cc1.I. The summed E-state index contributed by atoms with van der Waals surface area (Å²) in [5.41, 5.74) is 8.50. The highest BCUT2D eigenvalue weighted by Gasteiger charge is 2.05. The first kappa shape index (κ1) is 22.8. The van der Waals surface area contributed by atoms with Gasteiger partial charge in [-0.3, -0.25) is 4.79 Å². The number of guanidine groups is 1. The van der Waals surface area contributed by atoms with Crippen molar-refractivity contribution in [3.05, 3.63) is 54.1 Å². The van der Waals surface area contributed by atoms with Gasteiger partial charge in [0.25, 0.3) is 0 Å². The summed E-state index contributed by atoms with van der Waals surface area (Å²) in [6.45, 7) is 4.45. The minimum absolute atomic E-state index is 0. The highest BCUT2D eigenvalue weighted by atomic mass is 127. The Labute approximate surface area is 177 Å². The molecule has 0 fully saturated rings. The molecule has 0 spiro atoms. The van der Waals surface area contributed by atoms with Crippen LogP contribution in [-0.2, 0) is 11.3 Å². The number of aliphatic imine (C=N–C) groups is 1. The summed E-state index contributed by atoms with van der Waals surface area (Å²) in [6.07, 6.45) is 0.501. The second-order valence-electron chi connectivity index (χ2n) is 6.40. The van der Waals surface area contributed by atoms with E-state index in [1.54, 1.807) is 7.11 Å². The molecule has 0 saturated heterocycles. The third-order valence-electron chi connectivity index (χ3n) is 3.60. The second-order valence-corrected chi connectivity index (χ2v) is 6.40. The Morgan fingerprint density at radius 3 is 2.44 bits per heavy atom. The van der Waals surface area contributed by atoms with Gasteiger partial charge in [-0.2, -0.15) is 0 Å². The molecule has 27 heavy (non-hydrogen) atoms. The number of benzene rings is 2.